The van der Waals surface area contributed by atoms with Gasteiger partial charge in [-0.15, -0.1) is 5.10 Å². The van der Waals surface area contributed by atoms with Crippen LogP contribution in [0.15, 0.2) is 36.7 Å². The van der Waals surface area contributed by atoms with Crippen LogP contribution in [-0.2, 0) is 0 Å². The molecule has 0 amide bonds. The van der Waals surface area contributed by atoms with Crippen molar-refractivity contribution in [1.29, 1.82) is 0 Å². The highest BCUT2D eigenvalue weighted by Gasteiger charge is 2.16. The molecule has 1 aromatic carbocycles. The van der Waals surface area contributed by atoms with Crippen LogP contribution in [0.2, 0.25) is 0 Å². The molecule has 0 aliphatic rings. The second-order valence-electron chi connectivity index (χ2n) is 4.12. The van der Waals surface area contributed by atoms with Crippen LogP contribution in [0.3, 0.4) is 0 Å². The second kappa shape index (κ2) is 4.16. The first-order valence-electron chi connectivity index (χ1n) is 5.67. The number of fused-ring (bicyclic) bond motifs is 1. The normalized spacial score (nSPS) is 10.8. The van der Waals surface area contributed by atoms with E-state index in [1.165, 1.54) is 10.9 Å². The van der Waals surface area contributed by atoms with E-state index >= 15 is 0 Å². The summed E-state index contributed by atoms with van der Waals surface area (Å²) in [4.78, 5) is 11.0. The number of nitrogens with zero attached hydrogens (tertiary/aromatic N) is 4. The van der Waals surface area contributed by atoms with Gasteiger partial charge in [-0.25, -0.2) is 9.48 Å². The number of carboxylic acid groups (broad SMARTS) is 1. The maximum Gasteiger partial charge on any atom is 0.339 e. The highest BCUT2D eigenvalue weighted by Crippen LogP contribution is 2.20. The highest BCUT2D eigenvalue weighted by molar-refractivity contribution is 5.90. The first-order chi connectivity index (χ1) is 9.18. The van der Waals surface area contributed by atoms with Crippen LogP contribution in [0.25, 0.3) is 16.6 Å². The van der Waals surface area contributed by atoms with Crippen molar-refractivity contribution in [3.8, 4) is 5.82 Å². The summed E-state index contributed by atoms with van der Waals surface area (Å²) in [5.74, 6) is -0.472. The van der Waals surface area contributed by atoms with Crippen LogP contribution in [-0.4, -0.2) is 31.1 Å². The monoisotopic (exact) mass is 254 g/mol. The molecule has 0 fully saturated rings. The molecule has 0 atom stereocenters. The SMILES string of the molecule is Cc1c(C(=O)O)cnn1-c1nncc2ccccc12. The molecule has 0 radical (unpaired) electrons. The number of hydrogen-bond acceptors (Lipinski definition) is 4. The van der Waals surface area contributed by atoms with Crippen LogP contribution >= 0.6 is 0 Å². The zero-order valence-electron chi connectivity index (χ0n) is 10.1. The molecule has 6 heteroatoms. The molecule has 0 aliphatic carbocycles. The summed E-state index contributed by atoms with van der Waals surface area (Å²) < 4.78 is 1.50. The lowest BCUT2D eigenvalue weighted by atomic mass is 10.2. The van der Waals surface area contributed by atoms with Crippen molar-refractivity contribution in [3.63, 3.8) is 0 Å². The molecular weight excluding hydrogens is 244 g/mol. The second-order valence-corrected chi connectivity index (χ2v) is 4.12. The quantitative estimate of drug-likeness (QED) is 0.754. The van der Waals surface area contributed by atoms with Gasteiger partial charge >= 0.3 is 5.97 Å². The number of rotatable bonds is 2. The number of hydrogen-bond donors (Lipinski definition) is 1. The first-order valence-corrected chi connectivity index (χ1v) is 5.67. The lowest BCUT2D eigenvalue weighted by Gasteiger charge is -2.06. The molecule has 19 heavy (non-hydrogen) atoms. The van der Waals surface area contributed by atoms with Crippen LogP contribution in [0.4, 0.5) is 0 Å². The third-order valence-electron chi connectivity index (χ3n) is 2.99. The molecule has 0 saturated heterocycles. The van der Waals surface area contributed by atoms with Crippen molar-refractivity contribution >= 4 is 16.7 Å². The summed E-state index contributed by atoms with van der Waals surface area (Å²) in [6.45, 7) is 1.69. The van der Waals surface area contributed by atoms with E-state index in [1.54, 1.807) is 13.1 Å². The molecule has 0 bridgehead atoms. The van der Waals surface area contributed by atoms with Crippen LogP contribution in [0, 0.1) is 6.92 Å². The molecule has 6 nitrogen and oxygen atoms in total. The lowest BCUT2D eigenvalue weighted by Crippen LogP contribution is -2.05. The molecule has 0 saturated carbocycles. The van der Waals surface area contributed by atoms with Gasteiger partial charge in [0.1, 0.15) is 5.56 Å². The van der Waals surface area contributed by atoms with Gasteiger partial charge in [0.15, 0.2) is 5.82 Å². The maximum absolute atomic E-state index is 11.0. The van der Waals surface area contributed by atoms with Crippen LogP contribution in [0.1, 0.15) is 16.1 Å². The number of carbonyl (C=O) groups is 1. The van der Waals surface area contributed by atoms with Crippen molar-refractivity contribution in [3.05, 3.63) is 47.9 Å². The van der Waals surface area contributed by atoms with Gasteiger partial charge in [-0.2, -0.15) is 10.2 Å². The third kappa shape index (κ3) is 1.74. The average molecular weight is 254 g/mol. The van der Waals surface area contributed by atoms with Crippen molar-refractivity contribution in [2.24, 2.45) is 0 Å². The Morgan fingerprint density at radius 3 is 2.79 bits per heavy atom. The van der Waals surface area contributed by atoms with Crippen molar-refractivity contribution < 1.29 is 9.90 Å². The van der Waals surface area contributed by atoms with Gasteiger partial charge in [0, 0.05) is 10.8 Å². The van der Waals surface area contributed by atoms with E-state index in [4.69, 9.17) is 5.11 Å². The molecule has 0 unspecified atom stereocenters. The minimum atomic E-state index is -1.00. The largest absolute Gasteiger partial charge is 0.478 e. The lowest BCUT2D eigenvalue weighted by molar-refractivity contribution is 0.0696. The number of carboxylic acids is 1. The molecule has 2 aromatic heterocycles. The average Bonchev–Trinajstić information content (AvgIpc) is 2.80. The van der Waals surface area contributed by atoms with E-state index in [-0.39, 0.29) is 5.56 Å². The summed E-state index contributed by atoms with van der Waals surface area (Å²) >= 11 is 0. The number of benzene rings is 1. The molecule has 3 rings (SSSR count). The molecule has 0 spiro atoms. The Hall–Kier alpha value is -2.76. The van der Waals surface area contributed by atoms with E-state index in [1.807, 2.05) is 24.3 Å². The minimum Gasteiger partial charge on any atom is -0.478 e. The molecule has 94 valence electrons. The van der Waals surface area contributed by atoms with Crippen molar-refractivity contribution in [1.82, 2.24) is 20.0 Å². The predicted octanol–water partition coefficient (Wildman–Crippen LogP) is 1.82. The standard InChI is InChI=1S/C13H10N4O2/c1-8-11(13(18)19)7-15-17(8)12-10-5-3-2-4-9(10)6-14-16-12/h2-7H,1H3,(H,18,19). The number of aromatic nitrogens is 4. The molecule has 3 aromatic rings. The highest BCUT2D eigenvalue weighted by atomic mass is 16.4. The predicted molar refractivity (Wildman–Crippen MR) is 68.4 cm³/mol. The fourth-order valence-corrected chi connectivity index (χ4v) is 2.00. The summed E-state index contributed by atoms with van der Waals surface area (Å²) in [5.41, 5.74) is 0.688. The Kier molecular flexibility index (Phi) is 2.49. The molecule has 0 aliphatic heterocycles. The van der Waals surface area contributed by atoms with E-state index in [9.17, 15) is 4.79 Å². The summed E-state index contributed by atoms with van der Waals surface area (Å²) in [6.07, 6.45) is 2.98. The fourth-order valence-electron chi connectivity index (χ4n) is 2.00. The van der Waals surface area contributed by atoms with E-state index in [2.05, 4.69) is 15.3 Å². The van der Waals surface area contributed by atoms with Crippen molar-refractivity contribution in [2.75, 3.05) is 0 Å². The van der Waals surface area contributed by atoms with Gasteiger partial charge in [0.25, 0.3) is 0 Å². The Balaban J connectivity index is 2.28. The first kappa shape index (κ1) is 11.3. The fraction of sp³-hybridized carbons (Fsp3) is 0.0769. The molecule has 2 heterocycles. The van der Waals surface area contributed by atoms with Crippen molar-refractivity contribution in [2.45, 2.75) is 6.92 Å². The van der Waals surface area contributed by atoms with Crippen LogP contribution in [0.5, 0.6) is 0 Å². The van der Waals surface area contributed by atoms with Gasteiger partial charge in [-0.1, -0.05) is 24.3 Å². The molecule has 1 N–H and O–H groups in total. The summed E-state index contributed by atoms with van der Waals surface area (Å²) in [7, 11) is 0. The molecular formula is C13H10N4O2. The summed E-state index contributed by atoms with van der Waals surface area (Å²) in [5, 5.41) is 22.9. The van der Waals surface area contributed by atoms with Gasteiger partial charge < -0.3 is 5.11 Å². The topological polar surface area (TPSA) is 80.9 Å². The van der Waals surface area contributed by atoms with Crippen LogP contribution < -0.4 is 0 Å². The van der Waals surface area contributed by atoms with E-state index < -0.39 is 5.97 Å². The Morgan fingerprint density at radius 2 is 2.05 bits per heavy atom. The van der Waals surface area contributed by atoms with Gasteiger partial charge in [-0.05, 0) is 6.92 Å². The Bertz CT molecular complexity index is 774. The van der Waals surface area contributed by atoms with Gasteiger partial charge in [0.05, 0.1) is 18.1 Å². The van der Waals surface area contributed by atoms with Gasteiger partial charge in [0.2, 0.25) is 0 Å². The third-order valence-corrected chi connectivity index (χ3v) is 2.99. The smallest absolute Gasteiger partial charge is 0.339 e. The van der Waals surface area contributed by atoms with Gasteiger partial charge in [-0.3, -0.25) is 0 Å². The van der Waals surface area contributed by atoms with E-state index in [0.29, 0.717) is 11.5 Å². The summed E-state index contributed by atoms with van der Waals surface area (Å²) in [6, 6.07) is 7.63. The number of aromatic carboxylic acids is 1. The zero-order valence-corrected chi connectivity index (χ0v) is 10.1. The minimum absolute atomic E-state index is 0.162. The maximum atomic E-state index is 11.0. The van der Waals surface area contributed by atoms with E-state index in [0.717, 1.165) is 10.8 Å². The zero-order chi connectivity index (χ0) is 13.4. The Morgan fingerprint density at radius 1 is 1.26 bits per heavy atom. The Labute approximate surface area is 108 Å².